The van der Waals surface area contributed by atoms with Crippen molar-refractivity contribution >= 4 is 28.9 Å². The molecule has 28 heavy (non-hydrogen) atoms. The van der Waals surface area contributed by atoms with Crippen LogP contribution in [0.5, 0.6) is 0 Å². The Morgan fingerprint density at radius 2 is 1.93 bits per heavy atom. The van der Waals surface area contributed by atoms with Crippen molar-refractivity contribution in [3.8, 4) is 0 Å². The fourth-order valence-electron chi connectivity index (χ4n) is 2.40. The third-order valence-electron chi connectivity index (χ3n) is 3.62. The molecule has 0 saturated heterocycles. The summed E-state index contributed by atoms with van der Waals surface area (Å²) in [6, 6.07) is 3.58. The van der Waals surface area contributed by atoms with Gasteiger partial charge in [-0.2, -0.15) is 0 Å². The van der Waals surface area contributed by atoms with E-state index >= 15 is 0 Å². The van der Waals surface area contributed by atoms with Gasteiger partial charge in [0.25, 0.3) is 0 Å². The maximum absolute atomic E-state index is 12.3. The summed E-state index contributed by atoms with van der Waals surface area (Å²) in [5.41, 5.74) is 7.52. The van der Waals surface area contributed by atoms with E-state index in [0.717, 1.165) is 0 Å². The van der Waals surface area contributed by atoms with Crippen LogP contribution < -0.4 is 18.1 Å². The summed E-state index contributed by atoms with van der Waals surface area (Å²) in [6.07, 6.45) is 1.57. The number of rotatable bonds is 8. The molecule has 0 unspecified atom stereocenters. The zero-order chi connectivity index (χ0) is 19.8. The first-order chi connectivity index (χ1) is 13.0. The number of H-pyrrole nitrogens is 1. The van der Waals surface area contributed by atoms with E-state index in [4.69, 9.17) is 19.6 Å². The smallest absolute Gasteiger partial charge is 0.355 e. The lowest BCUT2D eigenvalue weighted by molar-refractivity contribution is -0.0000426. The van der Waals surface area contributed by atoms with E-state index in [1.807, 2.05) is 0 Å². The van der Waals surface area contributed by atoms with Gasteiger partial charge in [-0.15, -0.1) is 0 Å². The first-order valence-corrected chi connectivity index (χ1v) is 9.47. The molecular formula is C18H23ClN3O5S-. The normalized spacial score (nSPS) is 11.0. The van der Waals surface area contributed by atoms with Gasteiger partial charge in [0.05, 0.1) is 31.6 Å². The number of esters is 2. The number of nitrogens with two attached hydrogens (primary N) is 1. The molecule has 2 aromatic rings. The molecule has 0 bridgehead atoms. The van der Waals surface area contributed by atoms with Crippen molar-refractivity contribution in [3.05, 3.63) is 46.7 Å². The second kappa shape index (κ2) is 11.5. The molecule has 3 N–H and O–H groups in total. The van der Waals surface area contributed by atoms with Gasteiger partial charge in [0.2, 0.25) is 0 Å². The number of hydrogen-bond acceptors (Lipinski definition) is 7. The molecule has 0 atom stereocenters. The van der Waals surface area contributed by atoms with Gasteiger partial charge < -0.3 is 37.0 Å². The van der Waals surface area contributed by atoms with E-state index in [9.17, 15) is 9.59 Å². The molecule has 0 radical (unpaired) electrons. The molecular weight excluding hydrogens is 406 g/mol. The molecule has 0 fully saturated rings. The average molecular weight is 429 g/mol. The highest BCUT2D eigenvalue weighted by molar-refractivity contribution is 8.13. The molecule has 0 aliphatic rings. The lowest BCUT2D eigenvalue weighted by Crippen LogP contribution is -3.00. The Kier molecular flexibility index (Phi) is 9.67. The van der Waals surface area contributed by atoms with E-state index in [-0.39, 0.29) is 31.3 Å². The number of aromatic nitrogens is 1. The molecule has 0 saturated carbocycles. The van der Waals surface area contributed by atoms with Crippen LogP contribution in [0.3, 0.4) is 0 Å². The molecule has 0 aliphatic carbocycles. The quantitative estimate of drug-likeness (QED) is 0.345. The fourth-order valence-corrected chi connectivity index (χ4v) is 3.07. The van der Waals surface area contributed by atoms with Crippen molar-refractivity contribution in [1.82, 2.24) is 4.98 Å². The van der Waals surface area contributed by atoms with Gasteiger partial charge in [-0.25, -0.2) is 9.59 Å². The highest BCUT2D eigenvalue weighted by Crippen LogP contribution is 2.24. The van der Waals surface area contributed by atoms with Crippen molar-refractivity contribution < 1.29 is 35.9 Å². The zero-order valence-electron chi connectivity index (χ0n) is 15.9. The Labute approximate surface area is 173 Å². The van der Waals surface area contributed by atoms with Gasteiger partial charge in [0.15, 0.2) is 5.17 Å². The fraction of sp³-hybridized carbons (Fsp3) is 0.389. The molecule has 0 amide bonds. The third kappa shape index (κ3) is 6.07. The number of aromatic amines is 1. The van der Waals surface area contributed by atoms with Gasteiger partial charge in [-0.05, 0) is 38.5 Å². The number of nitrogens with zero attached hydrogens (tertiary/aromatic N) is 1. The lowest BCUT2D eigenvalue weighted by Gasteiger charge is -2.05. The highest BCUT2D eigenvalue weighted by Gasteiger charge is 2.25. The van der Waals surface area contributed by atoms with Crippen LogP contribution in [0.15, 0.2) is 27.8 Å². The Hall–Kier alpha value is -2.39. The first kappa shape index (κ1) is 23.6. The second-order valence-corrected chi connectivity index (χ2v) is 6.44. The van der Waals surface area contributed by atoms with Crippen LogP contribution >= 0.6 is 11.8 Å². The van der Waals surface area contributed by atoms with Gasteiger partial charge >= 0.3 is 11.9 Å². The van der Waals surface area contributed by atoms with E-state index < -0.39 is 11.9 Å². The molecule has 8 nitrogen and oxygen atoms in total. The third-order valence-corrected chi connectivity index (χ3v) is 4.48. The van der Waals surface area contributed by atoms with E-state index in [2.05, 4.69) is 9.98 Å². The number of ether oxygens (including phenoxy) is 2. The number of nitrogens with one attached hydrogen (secondary N) is 1. The van der Waals surface area contributed by atoms with Crippen LogP contribution in [0.4, 0.5) is 0 Å². The first-order valence-electron chi connectivity index (χ1n) is 8.48. The summed E-state index contributed by atoms with van der Waals surface area (Å²) in [6.45, 7) is 5.92. The number of carbonyl (C=O) groups is 2. The van der Waals surface area contributed by atoms with Gasteiger partial charge in [-0.1, -0.05) is 11.8 Å². The van der Waals surface area contributed by atoms with Crippen molar-refractivity contribution in [2.45, 2.75) is 33.1 Å². The van der Waals surface area contributed by atoms with Gasteiger partial charge in [0, 0.05) is 11.4 Å². The van der Waals surface area contributed by atoms with Crippen LogP contribution in [-0.4, -0.2) is 35.3 Å². The molecule has 2 aromatic heterocycles. The molecule has 154 valence electrons. The molecule has 0 spiro atoms. The summed E-state index contributed by atoms with van der Waals surface area (Å²) >= 11 is 1.24. The summed E-state index contributed by atoms with van der Waals surface area (Å²) in [4.78, 5) is 31.6. The van der Waals surface area contributed by atoms with E-state index in [1.54, 1.807) is 39.2 Å². The second-order valence-electron chi connectivity index (χ2n) is 5.44. The Morgan fingerprint density at radius 1 is 1.25 bits per heavy atom. The SMILES string of the molecule is CCOC(=O)c1[nH]c(CSC(N)=NCc2ccco2)c(C(=O)OCC)c1C.[Cl-]. The molecule has 10 heteroatoms. The van der Waals surface area contributed by atoms with Crippen molar-refractivity contribution in [2.75, 3.05) is 13.2 Å². The minimum Gasteiger partial charge on any atom is -1.00 e. The van der Waals surface area contributed by atoms with Gasteiger partial charge in [0.1, 0.15) is 11.5 Å². The Morgan fingerprint density at radius 3 is 2.54 bits per heavy atom. The average Bonchev–Trinajstić information content (AvgIpc) is 3.26. The Balaban J connectivity index is 0.00000392. The largest absolute Gasteiger partial charge is 1.00 e. The maximum Gasteiger partial charge on any atom is 0.355 e. The zero-order valence-corrected chi connectivity index (χ0v) is 17.5. The summed E-state index contributed by atoms with van der Waals surface area (Å²) < 4.78 is 15.3. The van der Waals surface area contributed by atoms with Crippen LogP contribution in [0.2, 0.25) is 0 Å². The predicted octanol–water partition coefficient (Wildman–Crippen LogP) is 0.0216. The minimum absolute atomic E-state index is 0. The number of aliphatic imine (C=N–C) groups is 1. The van der Waals surface area contributed by atoms with Crippen molar-refractivity contribution in [1.29, 1.82) is 0 Å². The molecule has 0 aromatic carbocycles. The van der Waals surface area contributed by atoms with Gasteiger partial charge in [-0.3, -0.25) is 4.99 Å². The number of carbonyl (C=O) groups excluding carboxylic acids is 2. The van der Waals surface area contributed by atoms with Crippen molar-refractivity contribution in [3.63, 3.8) is 0 Å². The number of hydrogen-bond donors (Lipinski definition) is 2. The lowest BCUT2D eigenvalue weighted by atomic mass is 10.1. The van der Waals surface area contributed by atoms with Crippen molar-refractivity contribution in [2.24, 2.45) is 10.7 Å². The summed E-state index contributed by atoms with van der Waals surface area (Å²) in [5, 5.41) is 0.339. The Bertz CT molecular complexity index is 818. The minimum atomic E-state index is -0.517. The summed E-state index contributed by atoms with van der Waals surface area (Å²) in [5.74, 6) is 0.00726. The molecule has 2 rings (SSSR count). The topological polar surface area (TPSA) is 120 Å². The van der Waals surface area contributed by atoms with E-state index in [1.165, 1.54) is 11.8 Å². The van der Waals surface area contributed by atoms with E-state index in [0.29, 0.717) is 40.0 Å². The molecule has 2 heterocycles. The summed E-state index contributed by atoms with van der Waals surface area (Å²) in [7, 11) is 0. The number of furan rings is 1. The molecule has 0 aliphatic heterocycles. The highest BCUT2D eigenvalue weighted by atomic mass is 35.5. The van der Waals surface area contributed by atoms with Crippen LogP contribution in [0.1, 0.15) is 51.7 Å². The van der Waals surface area contributed by atoms with Crippen LogP contribution in [0.25, 0.3) is 0 Å². The predicted molar refractivity (Wildman–Crippen MR) is 103 cm³/mol. The number of amidine groups is 1. The van der Waals surface area contributed by atoms with Crippen LogP contribution in [0, 0.1) is 6.92 Å². The van der Waals surface area contributed by atoms with Crippen LogP contribution in [-0.2, 0) is 21.8 Å². The number of halogens is 1. The number of thioether (sulfide) groups is 1. The monoisotopic (exact) mass is 428 g/mol. The maximum atomic E-state index is 12.3. The standard InChI is InChI=1S/C18H23N3O5S.ClH/c1-4-24-16(22)14-11(3)15(17(23)25-5-2)21-13(14)10-27-18(19)20-9-12-7-6-8-26-12;/h6-8,21H,4-5,9-10H2,1-3H3,(H2,19,20);1H/p-1.